The van der Waals surface area contributed by atoms with E-state index in [1.807, 2.05) is 6.07 Å². The summed E-state index contributed by atoms with van der Waals surface area (Å²) >= 11 is 0. The van der Waals surface area contributed by atoms with Gasteiger partial charge in [0.05, 0.1) is 0 Å². The molecule has 17 heavy (non-hydrogen) atoms. The SMILES string of the molecule is C=C1OC(=O)C(NC(=O)c2ccccc2)=C1C. The Morgan fingerprint density at radius 3 is 2.47 bits per heavy atom. The number of benzene rings is 1. The molecule has 0 unspecified atom stereocenters. The molecule has 1 amide bonds. The van der Waals surface area contributed by atoms with Crippen molar-refractivity contribution in [2.75, 3.05) is 0 Å². The fourth-order valence-electron chi connectivity index (χ4n) is 1.45. The average molecular weight is 229 g/mol. The van der Waals surface area contributed by atoms with E-state index in [2.05, 4.69) is 11.9 Å². The zero-order chi connectivity index (χ0) is 12.4. The van der Waals surface area contributed by atoms with Crippen LogP contribution in [0.15, 0.2) is 53.9 Å². The zero-order valence-corrected chi connectivity index (χ0v) is 9.32. The summed E-state index contributed by atoms with van der Waals surface area (Å²) < 4.78 is 4.80. The number of cyclic esters (lactones) is 1. The van der Waals surface area contributed by atoms with Gasteiger partial charge in [-0.25, -0.2) is 4.79 Å². The van der Waals surface area contributed by atoms with Crippen LogP contribution < -0.4 is 5.32 Å². The van der Waals surface area contributed by atoms with Gasteiger partial charge < -0.3 is 10.1 Å². The number of amides is 1. The quantitative estimate of drug-likeness (QED) is 0.786. The molecule has 0 aliphatic carbocycles. The molecule has 0 saturated heterocycles. The highest BCUT2D eigenvalue weighted by Crippen LogP contribution is 2.22. The summed E-state index contributed by atoms with van der Waals surface area (Å²) in [4.78, 5) is 23.2. The maximum atomic E-state index is 11.8. The molecule has 0 bridgehead atoms. The molecule has 1 aliphatic rings. The van der Waals surface area contributed by atoms with Gasteiger partial charge in [0.15, 0.2) is 0 Å². The highest BCUT2D eigenvalue weighted by atomic mass is 16.5. The number of nitrogens with one attached hydrogen (secondary N) is 1. The van der Waals surface area contributed by atoms with Crippen molar-refractivity contribution in [3.8, 4) is 0 Å². The van der Waals surface area contributed by atoms with Gasteiger partial charge in [0.25, 0.3) is 5.91 Å². The molecule has 4 heteroatoms. The molecule has 0 aromatic heterocycles. The summed E-state index contributed by atoms with van der Waals surface area (Å²) in [6, 6.07) is 8.65. The van der Waals surface area contributed by atoms with Gasteiger partial charge in [-0.3, -0.25) is 4.79 Å². The first-order chi connectivity index (χ1) is 8.09. The molecule has 0 saturated carbocycles. The standard InChI is InChI=1S/C13H11NO3/c1-8-9(2)17-13(16)11(8)14-12(15)10-6-4-3-5-7-10/h3-7H,2H2,1H3,(H,14,15). The Bertz CT molecular complexity index is 529. The molecule has 0 spiro atoms. The van der Waals surface area contributed by atoms with Crippen LogP contribution in [0.2, 0.25) is 0 Å². The van der Waals surface area contributed by atoms with E-state index in [0.29, 0.717) is 11.1 Å². The second-order valence-electron chi connectivity index (χ2n) is 3.63. The summed E-state index contributed by atoms with van der Waals surface area (Å²) in [7, 11) is 0. The first kappa shape index (κ1) is 11.1. The lowest BCUT2D eigenvalue weighted by atomic mass is 10.2. The van der Waals surface area contributed by atoms with Crippen molar-refractivity contribution in [2.45, 2.75) is 6.92 Å². The molecule has 0 radical (unpaired) electrons. The number of hydrogen-bond donors (Lipinski definition) is 1. The molecule has 1 aromatic carbocycles. The third-order valence-corrected chi connectivity index (χ3v) is 2.49. The van der Waals surface area contributed by atoms with Crippen molar-refractivity contribution in [2.24, 2.45) is 0 Å². The molecule has 0 atom stereocenters. The van der Waals surface area contributed by atoms with Gasteiger partial charge in [-0.15, -0.1) is 0 Å². The van der Waals surface area contributed by atoms with E-state index in [9.17, 15) is 9.59 Å². The van der Waals surface area contributed by atoms with Gasteiger partial charge in [0.1, 0.15) is 11.5 Å². The van der Waals surface area contributed by atoms with Crippen molar-refractivity contribution in [1.82, 2.24) is 5.32 Å². The van der Waals surface area contributed by atoms with Gasteiger partial charge >= 0.3 is 5.97 Å². The highest BCUT2D eigenvalue weighted by molar-refractivity contribution is 6.03. The predicted molar refractivity (Wildman–Crippen MR) is 61.8 cm³/mol. The lowest BCUT2D eigenvalue weighted by molar-refractivity contribution is -0.133. The van der Waals surface area contributed by atoms with Crippen LogP contribution in [0.3, 0.4) is 0 Å². The molecule has 4 nitrogen and oxygen atoms in total. The van der Waals surface area contributed by atoms with Gasteiger partial charge in [-0.1, -0.05) is 24.8 Å². The number of rotatable bonds is 2. The fourth-order valence-corrected chi connectivity index (χ4v) is 1.45. The maximum Gasteiger partial charge on any atom is 0.360 e. The van der Waals surface area contributed by atoms with Crippen LogP contribution in [0, 0.1) is 0 Å². The van der Waals surface area contributed by atoms with Crippen LogP contribution in [0.5, 0.6) is 0 Å². The number of ether oxygens (including phenoxy) is 1. The smallest absolute Gasteiger partial charge is 0.360 e. The molecular weight excluding hydrogens is 218 g/mol. The predicted octanol–water partition coefficient (Wildman–Crippen LogP) is 1.76. The zero-order valence-electron chi connectivity index (χ0n) is 9.32. The van der Waals surface area contributed by atoms with Gasteiger partial charge in [-0.05, 0) is 19.1 Å². The lowest BCUT2D eigenvalue weighted by Crippen LogP contribution is -2.26. The summed E-state index contributed by atoms with van der Waals surface area (Å²) in [5.41, 5.74) is 1.20. The Morgan fingerprint density at radius 2 is 1.94 bits per heavy atom. The largest absolute Gasteiger partial charge is 0.422 e. The number of carbonyl (C=O) groups is 2. The van der Waals surface area contributed by atoms with Crippen LogP contribution in [-0.2, 0) is 9.53 Å². The van der Waals surface area contributed by atoms with E-state index in [-0.39, 0.29) is 17.4 Å². The number of carbonyl (C=O) groups excluding carboxylic acids is 2. The van der Waals surface area contributed by atoms with Crippen LogP contribution in [0.4, 0.5) is 0 Å². The van der Waals surface area contributed by atoms with E-state index >= 15 is 0 Å². The van der Waals surface area contributed by atoms with E-state index < -0.39 is 5.97 Å². The normalized spacial score (nSPS) is 14.9. The number of allylic oxidation sites excluding steroid dienone is 1. The van der Waals surface area contributed by atoms with E-state index in [1.165, 1.54) is 0 Å². The summed E-state index contributed by atoms with van der Waals surface area (Å²) in [6.45, 7) is 5.24. The Hall–Kier alpha value is -2.36. The minimum Gasteiger partial charge on any atom is -0.422 e. The third-order valence-electron chi connectivity index (χ3n) is 2.49. The second kappa shape index (κ2) is 4.25. The molecule has 1 aromatic rings. The van der Waals surface area contributed by atoms with Crippen LogP contribution in [-0.4, -0.2) is 11.9 Å². The van der Waals surface area contributed by atoms with E-state index in [4.69, 9.17) is 4.74 Å². The highest BCUT2D eigenvalue weighted by Gasteiger charge is 2.27. The first-order valence-electron chi connectivity index (χ1n) is 5.08. The van der Waals surface area contributed by atoms with E-state index in [0.717, 1.165) is 0 Å². The monoisotopic (exact) mass is 229 g/mol. The van der Waals surface area contributed by atoms with Crippen molar-refractivity contribution in [1.29, 1.82) is 0 Å². The van der Waals surface area contributed by atoms with Crippen LogP contribution in [0.25, 0.3) is 0 Å². The molecule has 0 fully saturated rings. The minimum absolute atomic E-state index is 0.156. The van der Waals surface area contributed by atoms with Gasteiger partial charge in [0.2, 0.25) is 0 Å². The Balaban J connectivity index is 2.21. The minimum atomic E-state index is -0.572. The van der Waals surface area contributed by atoms with Crippen molar-refractivity contribution in [3.63, 3.8) is 0 Å². The molecule has 86 valence electrons. The van der Waals surface area contributed by atoms with Gasteiger partial charge in [-0.2, -0.15) is 0 Å². The Labute approximate surface area is 98.6 Å². The molecular formula is C13H11NO3. The summed E-state index contributed by atoms with van der Waals surface area (Å²) in [5, 5.41) is 2.53. The van der Waals surface area contributed by atoms with Crippen molar-refractivity contribution in [3.05, 3.63) is 59.5 Å². The second-order valence-corrected chi connectivity index (χ2v) is 3.63. The lowest BCUT2D eigenvalue weighted by Gasteiger charge is -2.03. The average Bonchev–Trinajstić information content (AvgIpc) is 2.57. The first-order valence-corrected chi connectivity index (χ1v) is 5.08. The number of esters is 1. The molecule has 1 N–H and O–H groups in total. The van der Waals surface area contributed by atoms with Crippen LogP contribution >= 0.6 is 0 Å². The summed E-state index contributed by atoms with van der Waals surface area (Å²) in [6.07, 6.45) is 0. The number of hydrogen-bond acceptors (Lipinski definition) is 3. The topological polar surface area (TPSA) is 55.4 Å². The Morgan fingerprint density at radius 1 is 1.29 bits per heavy atom. The fraction of sp³-hybridized carbons (Fsp3) is 0.0769. The van der Waals surface area contributed by atoms with Crippen molar-refractivity contribution < 1.29 is 14.3 Å². The van der Waals surface area contributed by atoms with Crippen LogP contribution in [0.1, 0.15) is 17.3 Å². The summed E-state index contributed by atoms with van der Waals surface area (Å²) in [5.74, 6) is -0.637. The third kappa shape index (κ3) is 2.10. The molecule has 2 rings (SSSR count). The molecule has 1 aliphatic heterocycles. The van der Waals surface area contributed by atoms with Crippen molar-refractivity contribution >= 4 is 11.9 Å². The Kier molecular flexibility index (Phi) is 2.78. The molecule has 1 heterocycles. The van der Waals surface area contributed by atoms with Gasteiger partial charge in [0, 0.05) is 11.1 Å². The maximum absolute atomic E-state index is 11.8. The van der Waals surface area contributed by atoms with E-state index in [1.54, 1.807) is 31.2 Å².